The lowest BCUT2D eigenvalue weighted by Crippen LogP contribution is -2.36. The Bertz CT molecular complexity index is 1150. The van der Waals surface area contributed by atoms with E-state index in [1.165, 1.54) is 45.6 Å². The van der Waals surface area contributed by atoms with Crippen molar-refractivity contribution in [2.75, 3.05) is 30.0 Å². The molecule has 0 radical (unpaired) electrons. The zero-order valence-electron chi connectivity index (χ0n) is 18.6. The predicted octanol–water partition coefficient (Wildman–Crippen LogP) is 3.23. The van der Waals surface area contributed by atoms with E-state index in [1.54, 1.807) is 13.8 Å². The number of hydrazine groups is 1. The topological polar surface area (TPSA) is 98.8 Å². The van der Waals surface area contributed by atoms with E-state index in [1.807, 2.05) is 0 Å². The molecule has 0 saturated carbocycles. The van der Waals surface area contributed by atoms with Gasteiger partial charge in [-0.25, -0.2) is 8.42 Å². The molecule has 1 aliphatic heterocycles. The summed E-state index contributed by atoms with van der Waals surface area (Å²) in [6, 6.07) is 10.2. The number of carbonyl (C=O) groups excluding carboxylic acids is 2. The van der Waals surface area contributed by atoms with Gasteiger partial charge in [0.2, 0.25) is 21.8 Å². The quantitative estimate of drug-likeness (QED) is 0.545. The monoisotopic (exact) mass is 498 g/mol. The van der Waals surface area contributed by atoms with E-state index in [9.17, 15) is 31.2 Å². The van der Waals surface area contributed by atoms with Crippen LogP contribution >= 0.6 is 0 Å². The van der Waals surface area contributed by atoms with Gasteiger partial charge in [0, 0.05) is 31.7 Å². The van der Waals surface area contributed by atoms with Gasteiger partial charge in [-0.1, -0.05) is 19.9 Å². The molecule has 1 unspecified atom stereocenters. The lowest BCUT2D eigenvalue weighted by atomic mass is 10.1. The third-order valence-electron chi connectivity index (χ3n) is 5.51. The minimum Gasteiger partial charge on any atom is -0.312 e. The maximum atomic E-state index is 12.8. The number of alkyl halides is 3. The summed E-state index contributed by atoms with van der Waals surface area (Å²) < 4.78 is 65.1. The Morgan fingerprint density at radius 2 is 1.76 bits per heavy atom. The number of nitrogens with one attached hydrogen (secondary N) is 2. The number of sulfonamides is 1. The summed E-state index contributed by atoms with van der Waals surface area (Å²) in [6.45, 7) is 4.20. The lowest BCUT2D eigenvalue weighted by Gasteiger charge is -2.20. The van der Waals surface area contributed by atoms with Crippen LogP contribution in [0.3, 0.4) is 0 Å². The fraction of sp³-hybridized carbons (Fsp3) is 0.364. The molecule has 2 amide bonds. The molecule has 2 aromatic carbocycles. The number of amides is 2. The van der Waals surface area contributed by atoms with Gasteiger partial charge in [-0.2, -0.15) is 17.5 Å². The molecule has 3 rings (SSSR count). The van der Waals surface area contributed by atoms with E-state index >= 15 is 0 Å². The van der Waals surface area contributed by atoms with Crippen LogP contribution in [0.5, 0.6) is 0 Å². The molecule has 0 bridgehead atoms. The van der Waals surface area contributed by atoms with Gasteiger partial charge in [0.25, 0.3) is 0 Å². The van der Waals surface area contributed by atoms with Crippen molar-refractivity contribution in [3.63, 3.8) is 0 Å². The molecule has 2 aromatic rings. The summed E-state index contributed by atoms with van der Waals surface area (Å²) in [5.74, 6) is -1.60. The van der Waals surface area contributed by atoms with Crippen molar-refractivity contribution in [2.45, 2.75) is 31.3 Å². The van der Waals surface area contributed by atoms with Crippen LogP contribution in [0, 0.1) is 5.92 Å². The molecular weight excluding hydrogens is 473 g/mol. The fourth-order valence-corrected chi connectivity index (χ4v) is 5.11. The van der Waals surface area contributed by atoms with Crippen molar-refractivity contribution >= 4 is 33.2 Å². The van der Waals surface area contributed by atoms with Crippen LogP contribution in [0.4, 0.5) is 24.5 Å². The molecule has 1 atom stereocenters. The highest BCUT2D eigenvalue weighted by atomic mass is 32.2. The largest absolute Gasteiger partial charge is 0.416 e. The van der Waals surface area contributed by atoms with E-state index < -0.39 is 33.6 Å². The number of carbonyl (C=O) groups is 2. The first kappa shape index (κ1) is 25.5. The van der Waals surface area contributed by atoms with Crippen LogP contribution in [0.1, 0.15) is 25.8 Å². The Labute approximate surface area is 195 Å². The van der Waals surface area contributed by atoms with Gasteiger partial charge >= 0.3 is 6.18 Å². The van der Waals surface area contributed by atoms with E-state index in [2.05, 4.69) is 10.9 Å². The third kappa shape index (κ3) is 5.50. The summed E-state index contributed by atoms with van der Waals surface area (Å²) in [4.78, 5) is 26.4. The summed E-state index contributed by atoms with van der Waals surface area (Å²) in [5.41, 5.74) is 4.43. The molecule has 0 aliphatic carbocycles. The number of rotatable bonds is 8. The Morgan fingerprint density at radius 1 is 1.12 bits per heavy atom. The first-order valence-corrected chi connectivity index (χ1v) is 12.0. The van der Waals surface area contributed by atoms with Crippen LogP contribution in [-0.4, -0.2) is 44.2 Å². The molecule has 1 fully saturated rings. The van der Waals surface area contributed by atoms with Crippen LogP contribution in [0.2, 0.25) is 0 Å². The maximum Gasteiger partial charge on any atom is 0.416 e. The normalized spacial score (nSPS) is 16.7. The number of halogens is 3. The maximum absolute atomic E-state index is 12.8. The van der Waals surface area contributed by atoms with Crippen LogP contribution in [-0.2, 0) is 25.8 Å². The minimum atomic E-state index is -4.51. The second kappa shape index (κ2) is 10.0. The highest BCUT2D eigenvalue weighted by Gasteiger charge is 2.35. The van der Waals surface area contributed by atoms with Crippen LogP contribution < -0.4 is 15.8 Å². The predicted molar refractivity (Wildman–Crippen MR) is 120 cm³/mol. The van der Waals surface area contributed by atoms with E-state index in [-0.39, 0.29) is 29.5 Å². The van der Waals surface area contributed by atoms with Gasteiger partial charge in [0.1, 0.15) is 0 Å². The average Bonchev–Trinajstić information content (AvgIpc) is 3.19. The van der Waals surface area contributed by atoms with Crippen molar-refractivity contribution in [2.24, 2.45) is 5.92 Å². The molecule has 1 saturated heterocycles. The zero-order chi connectivity index (χ0) is 25.1. The van der Waals surface area contributed by atoms with Gasteiger partial charge in [-0.3, -0.25) is 20.4 Å². The second-order valence-electron chi connectivity index (χ2n) is 7.68. The van der Waals surface area contributed by atoms with Gasteiger partial charge in [0.15, 0.2) is 0 Å². The first-order valence-electron chi connectivity index (χ1n) is 10.6. The number of anilines is 2. The molecule has 0 aromatic heterocycles. The zero-order valence-corrected chi connectivity index (χ0v) is 19.4. The van der Waals surface area contributed by atoms with Gasteiger partial charge < -0.3 is 4.90 Å². The Hall–Kier alpha value is -3.12. The highest BCUT2D eigenvalue weighted by Crippen LogP contribution is 2.31. The number of nitrogens with zero attached hydrogens (tertiary/aromatic N) is 2. The van der Waals surface area contributed by atoms with Crippen molar-refractivity contribution in [3.05, 3.63) is 54.1 Å². The van der Waals surface area contributed by atoms with Crippen molar-refractivity contribution < 1.29 is 31.2 Å². The number of hydrogen-bond donors (Lipinski definition) is 2. The van der Waals surface area contributed by atoms with Gasteiger partial charge in [-0.15, -0.1) is 0 Å². The first-order chi connectivity index (χ1) is 16.0. The number of benzene rings is 2. The fourth-order valence-electron chi connectivity index (χ4n) is 3.65. The Kier molecular flexibility index (Phi) is 7.51. The molecule has 8 nitrogen and oxygen atoms in total. The van der Waals surface area contributed by atoms with E-state index in [0.717, 1.165) is 12.1 Å². The van der Waals surface area contributed by atoms with Crippen molar-refractivity contribution in [1.82, 2.24) is 9.73 Å². The molecule has 12 heteroatoms. The summed E-state index contributed by atoms with van der Waals surface area (Å²) >= 11 is 0. The Balaban J connectivity index is 1.64. The van der Waals surface area contributed by atoms with Gasteiger partial charge in [-0.05, 0) is 42.5 Å². The minimum absolute atomic E-state index is 0.0503. The molecule has 1 aliphatic rings. The SMILES string of the molecule is CCN(CC)S(=O)(=O)c1ccc(N2CC(C(=O)NNc3cccc(C(F)(F)F)c3)CC2=O)cc1. The average molecular weight is 499 g/mol. The summed E-state index contributed by atoms with van der Waals surface area (Å²) in [7, 11) is -3.64. The van der Waals surface area contributed by atoms with Gasteiger partial charge in [0.05, 0.1) is 22.1 Å². The third-order valence-corrected chi connectivity index (χ3v) is 7.57. The highest BCUT2D eigenvalue weighted by molar-refractivity contribution is 7.89. The standard InChI is InChI=1S/C22H25F3N4O4S/c1-3-28(4-2)34(32,33)19-10-8-18(9-11-19)29-14-15(12-20(29)30)21(31)27-26-17-7-5-6-16(13-17)22(23,24)25/h5-11,13,15,26H,3-4,12,14H2,1-2H3,(H,27,31). The van der Waals surface area contributed by atoms with E-state index in [4.69, 9.17) is 0 Å². The van der Waals surface area contributed by atoms with Crippen LogP contribution in [0.25, 0.3) is 0 Å². The summed E-state index contributed by atoms with van der Waals surface area (Å²) in [5, 5.41) is 0. The smallest absolute Gasteiger partial charge is 0.312 e. The molecule has 34 heavy (non-hydrogen) atoms. The lowest BCUT2D eigenvalue weighted by molar-refractivity contribution is -0.137. The molecule has 2 N–H and O–H groups in total. The van der Waals surface area contributed by atoms with Crippen LogP contribution in [0.15, 0.2) is 53.4 Å². The second-order valence-corrected chi connectivity index (χ2v) is 9.62. The summed E-state index contributed by atoms with van der Waals surface area (Å²) in [6.07, 6.45) is -4.60. The molecule has 1 heterocycles. The molecule has 184 valence electrons. The Morgan fingerprint density at radius 3 is 2.35 bits per heavy atom. The van der Waals surface area contributed by atoms with Crippen molar-refractivity contribution in [1.29, 1.82) is 0 Å². The molecular formula is C22H25F3N4O4S. The number of hydrogen-bond acceptors (Lipinski definition) is 5. The van der Waals surface area contributed by atoms with Crippen molar-refractivity contribution in [3.8, 4) is 0 Å². The van der Waals surface area contributed by atoms with E-state index in [0.29, 0.717) is 18.8 Å². The molecule has 0 spiro atoms.